The van der Waals surface area contributed by atoms with Crippen LogP contribution in [0.15, 0.2) is 40.6 Å². The topological polar surface area (TPSA) is 63.2 Å². The average molecular weight is 341 g/mol. The van der Waals surface area contributed by atoms with Gasteiger partial charge in [-0.15, -0.1) is 11.3 Å². The van der Waals surface area contributed by atoms with Gasteiger partial charge in [0.15, 0.2) is 9.84 Å². The van der Waals surface area contributed by atoms with Gasteiger partial charge in [0.1, 0.15) is 5.82 Å². The molecule has 1 N–H and O–H groups in total. The van der Waals surface area contributed by atoms with Crippen LogP contribution in [-0.4, -0.2) is 20.6 Å². The van der Waals surface area contributed by atoms with Gasteiger partial charge < -0.3 is 5.32 Å². The van der Waals surface area contributed by atoms with Crippen molar-refractivity contribution in [2.24, 2.45) is 0 Å². The SMILES string of the molecule is CS(=O)(=O)c1ccc(F)c(NC(=O)CCCc2cccs2)c1. The third-order valence-corrected chi connectivity index (χ3v) is 5.09. The minimum Gasteiger partial charge on any atom is -0.324 e. The van der Waals surface area contributed by atoms with Gasteiger partial charge in [0, 0.05) is 17.6 Å². The lowest BCUT2D eigenvalue weighted by Crippen LogP contribution is -2.13. The Bertz CT molecular complexity index is 755. The zero-order valence-electron chi connectivity index (χ0n) is 12.0. The van der Waals surface area contributed by atoms with Crippen LogP contribution in [0.1, 0.15) is 17.7 Å². The van der Waals surface area contributed by atoms with Crippen LogP contribution in [0.2, 0.25) is 0 Å². The summed E-state index contributed by atoms with van der Waals surface area (Å²) in [6.07, 6.45) is 2.73. The lowest BCUT2D eigenvalue weighted by molar-refractivity contribution is -0.116. The lowest BCUT2D eigenvalue weighted by atomic mass is 10.2. The molecular formula is C15H16FNO3S2. The maximum absolute atomic E-state index is 13.7. The molecule has 1 amide bonds. The summed E-state index contributed by atoms with van der Waals surface area (Å²) in [4.78, 5) is 13.0. The summed E-state index contributed by atoms with van der Waals surface area (Å²) in [5, 5.41) is 4.40. The molecule has 0 bridgehead atoms. The number of aryl methyl sites for hydroxylation is 1. The van der Waals surface area contributed by atoms with Gasteiger partial charge in [-0.25, -0.2) is 12.8 Å². The molecule has 4 nitrogen and oxygen atoms in total. The molecule has 0 atom stereocenters. The lowest BCUT2D eigenvalue weighted by Gasteiger charge is -2.08. The first-order valence-electron chi connectivity index (χ1n) is 6.68. The molecule has 7 heteroatoms. The molecule has 0 aliphatic rings. The molecular weight excluding hydrogens is 325 g/mol. The predicted octanol–water partition coefficient (Wildman–Crippen LogP) is 3.25. The highest BCUT2D eigenvalue weighted by Crippen LogP contribution is 2.20. The molecule has 1 heterocycles. The quantitative estimate of drug-likeness (QED) is 0.820. The molecule has 0 spiro atoms. The molecule has 0 unspecified atom stereocenters. The number of sulfone groups is 1. The number of hydrogen-bond acceptors (Lipinski definition) is 4. The molecule has 0 saturated heterocycles. The summed E-state index contributed by atoms with van der Waals surface area (Å²) in [6.45, 7) is 0. The Morgan fingerprint density at radius 1 is 1.32 bits per heavy atom. The molecule has 0 aliphatic carbocycles. The van der Waals surface area contributed by atoms with Gasteiger partial charge >= 0.3 is 0 Å². The van der Waals surface area contributed by atoms with Crippen LogP contribution in [0.3, 0.4) is 0 Å². The standard InChI is InChI=1S/C15H16FNO3S2/c1-22(19,20)12-7-8-13(16)14(10-12)17-15(18)6-2-4-11-5-3-9-21-11/h3,5,7-10H,2,4,6H2,1H3,(H,17,18). The smallest absolute Gasteiger partial charge is 0.224 e. The van der Waals surface area contributed by atoms with Crippen molar-refractivity contribution < 1.29 is 17.6 Å². The van der Waals surface area contributed by atoms with Crippen LogP contribution in [0.5, 0.6) is 0 Å². The summed E-state index contributed by atoms with van der Waals surface area (Å²) >= 11 is 1.63. The minimum atomic E-state index is -3.44. The maximum Gasteiger partial charge on any atom is 0.224 e. The van der Waals surface area contributed by atoms with Gasteiger partial charge in [-0.05, 0) is 42.5 Å². The first-order chi connectivity index (χ1) is 10.4. The average Bonchev–Trinajstić information content (AvgIpc) is 2.93. The highest BCUT2D eigenvalue weighted by molar-refractivity contribution is 7.90. The van der Waals surface area contributed by atoms with Crippen LogP contribution in [0.4, 0.5) is 10.1 Å². The minimum absolute atomic E-state index is 0.0252. The molecule has 1 aromatic heterocycles. The van der Waals surface area contributed by atoms with E-state index in [2.05, 4.69) is 5.32 Å². The number of amides is 1. The van der Waals surface area contributed by atoms with Crippen molar-refractivity contribution >= 4 is 32.8 Å². The van der Waals surface area contributed by atoms with Crippen LogP contribution < -0.4 is 5.32 Å². The summed E-state index contributed by atoms with van der Waals surface area (Å²) < 4.78 is 36.6. The van der Waals surface area contributed by atoms with E-state index in [4.69, 9.17) is 0 Å². The molecule has 0 aliphatic heterocycles. The first kappa shape index (κ1) is 16.6. The van der Waals surface area contributed by atoms with Crippen molar-refractivity contribution in [1.29, 1.82) is 0 Å². The fourth-order valence-corrected chi connectivity index (χ4v) is 3.32. The van der Waals surface area contributed by atoms with Crippen molar-refractivity contribution in [3.63, 3.8) is 0 Å². The van der Waals surface area contributed by atoms with E-state index in [1.165, 1.54) is 10.9 Å². The predicted molar refractivity (Wildman–Crippen MR) is 85.4 cm³/mol. The second-order valence-electron chi connectivity index (χ2n) is 4.89. The third kappa shape index (κ3) is 4.64. The van der Waals surface area contributed by atoms with E-state index < -0.39 is 15.7 Å². The zero-order valence-corrected chi connectivity index (χ0v) is 13.6. The number of halogens is 1. The van der Waals surface area contributed by atoms with Crippen molar-refractivity contribution in [1.82, 2.24) is 0 Å². The molecule has 1 aromatic carbocycles. The van der Waals surface area contributed by atoms with Crippen LogP contribution >= 0.6 is 11.3 Å². The fraction of sp³-hybridized carbons (Fsp3) is 0.267. The van der Waals surface area contributed by atoms with E-state index in [-0.39, 0.29) is 22.9 Å². The summed E-state index contributed by atoms with van der Waals surface area (Å²) in [5.41, 5.74) is -0.107. The summed E-state index contributed by atoms with van der Waals surface area (Å²) in [6, 6.07) is 7.31. The van der Waals surface area contributed by atoms with Crippen molar-refractivity contribution in [2.75, 3.05) is 11.6 Å². The third-order valence-electron chi connectivity index (χ3n) is 3.05. The number of benzene rings is 1. The summed E-state index contributed by atoms with van der Waals surface area (Å²) in [5.74, 6) is -0.986. The molecule has 0 radical (unpaired) electrons. The Morgan fingerprint density at radius 2 is 2.09 bits per heavy atom. The fourth-order valence-electron chi connectivity index (χ4n) is 1.92. The van der Waals surface area contributed by atoms with E-state index >= 15 is 0 Å². The summed E-state index contributed by atoms with van der Waals surface area (Å²) in [7, 11) is -3.44. The van der Waals surface area contributed by atoms with Crippen LogP contribution in [-0.2, 0) is 21.1 Å². The number of nitrogens with one attached hydrogen (secondary N) is 1. The van der Waals surface area contributed by atoms with Gasteiger partial charge in [0.25, 0.3) is 0 Å². The number of carbonyl (C=O) groups excluding carboxylic acids is 1. The number of thiophene rings is 1. The van der Waals surface area contributed by atoms with Gasteiger partial charge in [0.05, 0.1) is 10.6 Å². The number of carbonyl (C=O) groups is 1. The van der Waals surface area contributed by atoms with Gasteiger partial charge in [-0.3, -0.25) is 4.79 Å². The van der Waals surface area contributed by atoms with Crippen LogP contribution in [0, 0.1) is 5.82 Å². The molecule has 0 saturated carbocycles. The second-order valence-corrected chi connectivity index (χ2v) is 7.94. The van der Waals surface area contributed by atoms with E-state index in [0.717, 1.165) is 24.8 Å². The van der Waals surface area contributed by atoms with E-state index in [0.29, 0.717) is 6.42 Å². The largest absolute Gasteiger partial charge is 0.324 e. The van der Waals surface area contributed by atoms with E-state index in [9.17, 15) is 17.6 Å². The van der Waals surface area contributed by atoms with Crippen molar-refractivity contribution in [2.45, 2.75) is 24.2 Å². The van der Waals surface area contributed by atoms with Crippen LogP contribution in [0.25, 0.3) is 0 Å². The molecule has 0 fully saturated rings. The second kappa shape index (κ2) is 7.02. The van der Waals surface area contributed by atoms with E-state index in [1.54, 1.807) is 11.3 Å². The van der Waals surface area contributed by atoms with E-state index in [1.807, 2.05) is 17.5 Å². The Kier molecular flexibility index (Phi) is 5.31. The van der Waals surface area contributed by atoms with Gasteiger partial charge in [0.2, 0.25) is 5.91 Å². The maximum atomic E-state index is 13.7. The molecule has 118 valence electrons. The number of rotatable bonds is 6. The van der Waals surface area contributed by atoms with Crippen molar-refractivity contribution in [3.05, 3.63) is 46.4 Å². The van der Waals surface area contributed by atoms with Crippen molar-refractivity contribution in [3.8, 4) is 0 Å². The Hall–Kier alpha value is -1.73. The first-order valence-corrected chi connectivity index (χ1v) is 9.45. The monoisotopic (exact) mass is 341 g/mol. The zero-order chi connectivity index (χ0) is 16.2. The molecule has 2 rings (SSSR count). The molecule has 22 heavy (non-hydrogen) atoms. The Labute approximate surface area is 132 Å². The highest BCUT2D eigenvalue weighted by atomic mass is 32.2. The Morgan fingerprint density at radius 3 is 2.73 bits per heavy atom. The van der Waals surface area contributed by atoms with Gasteiger partial charge in [-0.1, -0.05) is 6.07 Å². The number of anilines is 1. The normalized spacial score (nSPS) is 11.4. The highest BCUT2D eigenvalue weighted by Gasteiger charge is 2.13. The number of hydrogen-bond donors (Lipinski definition) is 1. The Balaban J connectivity index is 1.96. The molecule has 2 aromatic rings. The van der Waals surface area contributed by atoms with Gasteiger partial charge in [-0.2, -0.15) is 0 Å².